The Labute approximate surface area is 122 Å². The van der Waals surface area contributed by atoms with Gasteiger partial charge in [0.25, 0.3) is 0 Å². The van der Waals surface area contributed by atoms with Gasteiger partial charge >= 0.3 is 0 Å². The Morgan fingerprint density at radius 1 is 1.15 bits per heavy atom. The molecule has 2 rings (SSSR count). The van der Waals surface area contributed by atoms with Gasteiger partial charge in [0.2, 0.25) is 5.88 Å². The lowest BCUT2D eigenvalue weighted by Crippen LogP contribution is -2.28. The van der Waals surface area contributed by atoms with Gasteiger partial charge in [0, 0.05) is 6.54 Å². The molecule has 0 radical (unpaired) electrons. The van der Waals surface area contributed by atoms with Crippen molar-refractivity contribution in [3.05, 3.63) is 18.1 Å². The maximum Gasteiger partial charge on any atom is 0.232 e. The Kier molecular flexibility index (Phi) is 5.77. The van der Waals surface area contributed by atoms with Crippen molar-refractivity contribution in [2.24, 2.45) is 11.8 Å². The monoisotopic (exact) mass is 277 g/mol. The lowest BCUT2D eigenvalue weighted by molar-refractivity contribution is 0.0962. The molecule has 0 amide bonds. The molecule has 1 heterocycles. The molecular formula is C16H27N3O. The molecule has 1 aliphatic carbocycles. The Balaban J connectivity index is 1.83. The Morgan fingerprint density at radius 2 is 1.90 bits per heavy atom. The molecule has 2 unspecified atom stereocenters. The smallest absolute Gasteiger partial charge is 0.232 e. The second-order valence-corrected chi connectivity index (χ2v) is 6.18. The van der Waals surface area contributed by atoms with Crippen molar-refractivity contribution in [3.8, 4) is 5.88 Å². The summed E-state index contributed by atoms with van der Waals surface area (Å²) in [5.41, 5.74) is 0.969. The first kappa shape index (κ1) is 15.2. The average Bonchev–Trinajstić information content (AvgIpc) is 2.40. The Bertz CT molecular complexity index is 383. The predicted octanol–water partition coefficient (Wildman–Crippen LogP) is 3.18. The van der Waals surface area contributed by atoms with Gasteiger partial charge in [-0.3, -0.25) is 4.98 Å². The van der Waals surface area contributed by atoms with Gasteiger partial charge in [0.05, 0.1) is 18.1 Å². The van der Waals surface area contributed by atoms with E-state index in [-0.39, 0.29) is 0 Å². The first-order chi connectivity index (χ1) is 9.67. The third-order valence-corrected chi connectivity index (χ3v) is 3.84. The van der Waals surface area contributed by atoms with E-state index in [2.05, 4.69) is 36.1 Å². The van der Waals surface area contributed by atoms with Crippen molar-refractivity contribution in [3.63, 3.8) is 0 Å². The molecule has 0 saturated heterocycles. The molecule has 1 aliphatic rings. The maximum atomic E-state index is 5.98. The number of rotatable bonds is 6. The number of hydrogen-bond donors (Lipinski definition) is 1. The van der Waals surface area contributed by atoms with Gasteiger partial charge in [-0.2, -0.15) is 0 Å². The summed E-state index contributed by atoms with van der Waals surface area (Å²) >= 11 is 0. The van der Waals surface area contributed by atoms with E-state index in [0.717, 1.165) is 49.9 Å². The topological polar surface area (TPSA) is 47.0 Å². The van der Waals surface area contributed by atoms with Gasteiger partial charge < -0.3 is 10.1 Å². The first-order valence-electron chi connectivity index (χ1n) is 7.85. The zero-order valence-electron chi connectivity index (χ0n) is 12.9. The summed E-state index contributed by atoms with van der Waals surface area (Å²) in [7, 11) is 0. The molecule has 112 valence electrons. The number of nitrogens with zero attached hydrogens (tertiary/aromatic N) is 2. The highest BCUT2D eigenvalue weighted by molar-refractivity contribution is 5.07. The molecule has 1 N–H and O–H groups in total. The van der Waals surface area contributed by atoms with E-state index >= 15 is 0 Å². The Morgan fingerprint density at radius 3 is 2.50 bits per heavy atom. The predicted molar refractivity (Wildman–Crippen MR) is 80.6 cm³/mol. The fourth-order valence-electron chi connectivity index (χ4n) is 3.03. The maximum absolute atomic E-state index is 5.98. The minimum atomic E-state index is 0.298. The highest BCUT2D eigenvalue weighted by Gasteiger charge is 2.25. The number of nitrogens with one attached hydrogen (secondary N) is 1. The number of ether oxygens (including phenoxy) is 1. The molecule has 0 spiro atoms. The summed E-state index contributed by atoms with van der Waals surface area (Å²) in [6.45, 7) is 8.55. The highest BCUT2D eigenvalue weighted by Crippen LogP contribution is 2.30. The summed E-state index contributed by atoms with van der Waals surface area (Å²) in [6.07, 6.45) is 8.57. The summed E-state index contributed by atoms with van der Waals surface area (Å²) < 4.78 is 5.98. The van der Waals surface area contributed by atoms with Gasteiger partial charge in [-0.15, -0.1) is 0 Å². The molecule has 1 fully saturated rings. The van der Waals surface area contributed by atoms with Crippen LogP contribution >= 0.6 is 0 Å². The normalized spacial score (nSPS) is 26.4. The molecule has 0 aromatic carbocycles. The van der Waals surface area contributed by atoms with E-state index < -0.39 is 0 Å². The Hall–Kier alpha value is -1.16. The van der Waals surface area contributed by atoms with E-state index in [1.165, 1.54) is 6.42 Å². The van der Waals surface area contributed by atoms with Gasteiger partial charge in [0.15, 0.2) is 0 Å². The summed E-state index contributed by atoms with van der Waals surface area (Å²) in [4.78, 5) is 8.78. The molecule has 0 bridgehead atoms. The van der Waals surface area contributed by atoms with Crippen LogP contribution in [0.4, 0.5) is 0 Å². The van der Waals surface area contributed by atoms with Crippen molar-refractivity contribution in [2.75, 3.05) is 6.54 Å². The lowest BCUT2D eigenvalue weighted by atomic mass is 9.82. The lowest BCUT2D eigenvalue weighted by Gasteiger charge is -2.31. The summed E-state index contributed by atoms with van der Waals surface area (Å²) in [5.74, 6) is 2.15. The largest absolute Gasteiger partial charge is 0.473 e. The molecule has 20 heavy (non-hydrogen) atoms. The molecule has 1 aromatic rings. The number of hydrogen-bond acceptors (Lipinski definition) is 4. The van der Waals surface area contributed by atoms with E-state index in [9.17, 15) is 0 Å². The second kappa shape index (κ2) is 7.58. The van der Waals surface area contributed by atoms with Crippen molar-refractivity contribution in [1.29, 1.82) is 0 Å². The van der Waals surface area contributed by atoms with E-state index in [0.29, 0.717) is 12.0 Å². The molecule has 4 heteroatoms. The molecule has 1 aromatic heterocycles. The van der Waals surface area contributed by atoms with Gasteiger partial charge in [-0.1, -0.05) is 20.8 Å². The third-order valence-electron chi connectivity index (χ3n) is 3.84. The van der Waals surface area contributed by atoms with Crippen LogP contribution in [0.3, 0.4) is 0 Å². The first-order valence-corrected chi connectivity index (χ1v) is 7.85. The van der Waals surface area contributed by atoms with Crippen LogP contribution in [0.25, 0.3) is 0 Å². The molecule has 2 atom stereocenters. The molecule has 4 nitrogen and oxygen atoms in total. The average molecular weight is 277 g/mol. The zero-order valence-corrected chi connectivity index (χ0v) is 12.9. The van der Waals surface area contributed by atoms with Crippen LogP contribution in [0.5, 0.6) is 5.88 Å². The molecular weight excluding hydrogens is 250 g/mol. The fraction of sp³-hybridized carbons (Fsp3) is 0.750. The molecule has 0 aliphatic heterocycles. The second-order valence-electron chi connectivity index (χ2n) is 6.18. The van der Waals surface area contributed by atoms with Crippen LogP contribution in [-0.2, 0) is 6.54 Å². The minimum Gasteiger partial charge on any atom is -0.473 e. The summed E-state index contributed by atoms with van der Waals surface area (Å²) in [5, 5.41) is 3.32. The van der Waals surface area contributed by atoms with Crippen LogP contribution in [0.1, 0.15) is 52.1 Å². The van der Waals surface area contributed by atoms with E-state index in [1.54, 1.807) is 6.20 Å². The van der Waals surface area contributed by atoms with Crippen LogP contribution in [0.15, 0.2) is 12.4 Å². The highest BCUT2D eigenvalue weighted by atomic mass is 16.5. The SMILES string of the molecule is CCCNCc1cnc(OC2CC(C)CC(C)C2)cn1. The standard InChI is InChI=1S/C16H27N3O/c1-4-5-17-9-14-10-19-16(11-18-14)20-15-7-12(2)6-13(3)8-15/h10-13,15,17H,4-9H2,1-3H3. The quantitative estimate of drug-likeness (QED) is 0.811. The van der Waals surface area contributed by atoms with E-state index in [1.807, 2.05) is 6.20 Å². The van der Waals surface area contributed by atoms with Crippen LogP contribution in [0, 0.1) is 11.8 Å². The zero-order chi connectivity index (χ0) is 14.4. The third kappa shape index (κ3) is 4.75. The van der Waals surface area contributed by atoms with E-state index in [4.69, 9.17) is 4.74 Å². The van der Waals surface area contributed by atoms with Crippen molar-refractivity contribution >= 4 is 0 Å². The van der Waals surface area contributed by atoms with Crippen LogP contribution in [-0.4, -0.2) is 22.6 Å². The molecule has 1 saturated carbocycles. The van der Waals surface area contributed by atoms with Crippen LogP contribution < -0.4 is 10.1 Å². The van der Waals surface area contributed by atoms with Crippen molar-refractivity contribution < 1.29 is 4.74 Å². The van der Waals surface area contributed by atoms with Crippen molar-refractivity contribution in [2.45, 2.75) is 59.1 Å². The number of aromatic nitrogens is 2. The summed E-state index contributed by atoms with van der Waals surface area (Å²) in [6, 6.07) is 0. The van der Waals surface area contributed by atoms with Gasteiger partial charge in [-0.25, -0.2) is 4.98 Å². The van der Waals surface area contributed by atoms with Gasteiger partial charge in [-0.05, 0) is 44.1 Å². The fourth-order valence-corrected chi connectivity index (χ4v) is 3.03. The van der Waals surface area contributed by atoms with Crippen LogP contribution in [0.2, 0.25) is 0 Å². The minimum absolute atomic E-state index is 0.298. The van der Waals surface area contributed by atoms with Crippen molar-refractivity contribution in [1.82, 2.24) is 15.3 Å². The van der Waals surface area contributed by atoms with Gasteiger partial charge in [0.1, 0.15) is 6.10 Å².